The van der Waals surface area contributed by atoms with E-state index in [1.165, 1.54) is 18.6 Å². The lowest BCUT2D eigenvalue weighted by atomic mass is 9.84. The third-order valence-corrected chi connectivity index (χ3v) is 5.29. The van der Waals surface area contributed by atoms with Gasteiger partial charge in [0, 0.05) is 19.6 Å². The molecule has 0 aromatic heterocycles. The van der Waals surface area contributed by atoms with E-state index in [9.17, 15) is 9.18 Å². The van der Waals surface area contributed by atoms with Crippen LogP contribution < -0.4 is 5.73 Å². The van der Waals surface area contributed by atoms with E-state index in [4.69, 9.17) is 5.73 Å². The Morgan fingerprint density at radius 1 is 1.27 bits per heavy atom. The maximum Gasteiger partial charge on any atom is 0.227 e. The molecule has 0 aliphatic heterocycles. The van der Waals surface area contributed by atoms with E-state index in [-0.39, 0.29) is 36.1 Å². The number of nitrogens with two attached hydrogens (primary N) is 1. The number of carbonyl (C=O) groups excluding carboxylic acids is 1. The van der Waals surface area contributed by atoms with E-state index in [0.29, 0.717) is 18.4 Å². The molecule has 1 aromatic carbocycles. The van der Waals surface area contributed by atoms with Crippen LogP contribution in [0.15, 0.2) is 24.3 Å². The minimum absolute atomic E-state index is 0. The van der Waals surface area contributed by atoms with Crippen LogP contribution in [0.2, 0.25) is 0 Å². The van der Waals surface area contributed by atoms with Crippen LogP contribution in [0.3, 0.4) is 0 Å². The van der Waals surface area contributed by atoms with Gasteiger partial charge >= 0.3 is 0 Å². The third-order valence-electron chi connectivity index (χ3n) is 5.29. The predicted octanol–water partition coefficient (Wildman–Crippen LogP) is 2.62. The summed E-state index contributed by atoms with van der Waals surface area (Å²) in [5.74, 6) is 1.02. The minimum Gasteiger partial charge on any atom is -0.345 e. The second kappa shape index (κ2) is 6.97. The summed E-state index contributed by atoms with van der Waals surface area (Å²) in [6.07, 6.45) is 4.22. The second-order valence-electron chi connectivity index (χ2n) is 6.57. The summed E-state index contributed by atoms with van der Waals surface area (Å²) in [6, 6.07) is 6.52. The van der Waals surface area contributed by atoms with Crippen molar-refractivity contribution in [2.24, 2.45) is 23.5 Å². The number of hydrogen-bond acceptors (Lipinski definition) is 2. The first-order chi connectivity index (χ1) is 10.1. The Balaban J connectivity index is 0.00000176. The predicted molar refractivity (Wildman–Crippen MR) is 87.3 cm³/mol. The molecule has 4 unspecified atom stereocenters. The van der Waals surface area contributed by atoms with Gasteiger partial charge in [-0.05, 0) is 55.2 Å². The van der Waals surface area contributed by atoms with Crippen molar-refractivity contribution in [3.05, 3.63) is 35.6 Å². The Morgan fingerprint density at radius 2 is 1.91 bits per heavy atom. The van der Waals surface area contributed by atoms with Gasteiger partial charge in [0.05, 0.1) is 5.92 Å². The summed E-state index contributed by atoms with van der Waals surface area (Å²) in [5, 5.41) is 0. The lowest BCUT2D eigenvalue weighted by molar-refractivity contribution is -0.136. The Morgan fingerprint density at radius 3 is 2.50 bits per heavy atom. The first-order valence-corrected chi connectivity index (χ1v) is 7.81. The zero-order valence-electron chi connectivity index (χ0n) is 12.9. The molecule has 2 N–H and O–H groups in total. The van der Waals surface area contributed by atoms with Crippen LogP contribution in [0.4, 0.5) is 4.39 Å². The summed E-state index contributed by atoms with van der Waals surface area (Å²) in [7, 11) is 1.85. The number of hydrogen-bond donors (Lipinski definition) is 1. The molecule has 22 heavy (non-hydrogen) atoms. The first kappa shape index (κ1) is 17.2. The van der Waals surface area contributed by atoms with Crippen molar-refractivity contribution in [1.82, 2.24) is 4.90 Å². The smallest absolute Gasteiger partial charge is 0.227 e. The molecule has 0 spiro atoms. The molecule has 5 heteroatoms. The molecule has 0 heterocycles. The molecule has 3 nitrogen and oxygen atoms in total. The molecule has 0 radical (unpaired) electrons. The topological polar surface area (TPSA) is 46.3 Å². The normalized spacial score (nSPS) is 29.2. The van der Waals surface area contributed by atoms with Gasteiger partial charge < -0.3 is 10.6 Å². The van der Waals surface area contributed by atoms with Crippen molar-refractivity contribution in [2.75, 3.05) is 13.6 Å². The molecule has 2 aliphatic rings. The quantitative estimate of drug-likeness (QED) is 0.924. The molecule has 122 valence electrons. The highest BCUT2D eigenvalue weighted by molar-refractivity contribution is 5.85. The number of amides is 1. The molecular formula is C17H24ClFN2O. The van der Waals surface area contributed by atoms with Crippen LogP contribution >= 0.6 is 12.4 Å². The number of fused-ring (bicyclic) bond motifs is 2. The molecule has 1 aromatic rings. The molecule has 2 aliphatic carbocycles. The van der Waals surface area contributed by atoms with E-state index < -0.39 is 0 Å². The maximum absolute atomic E-state index is 12.9. The van der Waals surface area contributed by atoms with Gasteiger partial charge in [0.15, 0.2) is 0 Å². The van der Waals surface area contributed by atoms with Gasteiger partial charge in [0.1, 0.15) is 5.82 Å². The third kappa shape index (κ3) is 3.28. The van der Waals surface area contributed by atoms with E-state index in [1.54, 1.807) is 17.0 Å². The van der Waals surface area contributed by atoms with Crippen molar-refractivity contribution in [3.8, 4) is 0 Å². The fraction of sp³-hybridized carbons (Fsp3) is 0.588. The average molecular weight is 327 g/mol. The number of nitrogens with zero attached hydrogens (tertiary/aromatic N) is 1. The summed E-state index contributed by atoms with van der Waals surface area (Å²) in [6.45, 7) is 0.658. The number of rotatable bonds is 4. The number of halogens is 2. The fourth-order valence-corrected chi connectivity index (χ4v) is 4.01. The van der Waals surface area contributed by atoms with Crippen LogP contribution in [0.25, 0.3) is 0 Å². The standard InChI is InChI=1S/C17H23FN2O.ClH/c1-20(9-8-11-2-6-14(18)7-3-11)17(21)15-12-4-5-13(10-12)16(15)19;/h2-3,6-7,12-13,15-16H,4-5,8-10,19H2,1H3;1H. The number of carbonyl (C=O) groups is 1. The molecule has 2 fully saturated rings. The van der Waals surface area contributed by atoms with Gasteiger partial charge in [-0.3, -0.25) is 4.79 Å². The number of benzene rings is 1. The highest BCUT2D eigenvalue weighted by atomic mass is 35.5. The zero-order chi connectivity index (χ0) is 15.0. The molecule has 0 saturated heterocycles. The van der Waals surface area contributed by atoms with Crippen molar-refractivity contribution in [1.29, 1.82) is 0 Å². The van der Waals surface area contributed by atoms with Gasteiger partial charge in [-0.2, -0.15) is 0 Å². The summed E-state index contributed by atoms with van der Waals surface area (Å²) in [5.41, 5.74) is 7.29. The van der Waals surface area contributed by atoms with E-state index >= 15 is 0 Å². The summed E-state index contributed by atoms with van der Waals surface area (Å²) in [4.78, 5) is 14.4. The monoisotopic (exact) mass is 326 g/mol. The maximum atomic E-state index is 12.9. The zero-order valence-corrected chi connectivity index (χ0v) is 13.7. The first-order valence-electron chi connectivity index (χ1n) is 7.81. The molecule has 3 rings (SSSR count). The average Bonchev–Trinajstić information content (AvgIpc) is 3.06. The van der Waals surface area contributed by atoms with Crippen LogP contribution in [0.1, 0.15) is 24.8 Å². The van der Waals surface area contributed by atoms with Gasteiger partial charge in [-0.15, -0.1) is 12.4 Å². The van der Waals surface area contributed by atoms with E-state index in [2.05, 4.69) is 0 Å². The highest BCUT2D eigenvalue weighted by Crippen LogP contribution is 2.48. The van der Waals surface area contributed by atoms with Crippen LogP contribution in [-0.4, -0.2) is 30.4 Å². The lowest BCUT2D eigenvalue weighted by Crippen LogP contribution is -2.46. The Bertz CT molecular complexity index is 520. The lowest BCUT2D eigenvalue weighted by Gasteiger charge is -2.30. The minimum atomic E-state index is -0.226. The fourth-order valence-electron chi connectivity index (χ4n) is 4.01. The van der Waals surface area contributed by atoms with Crippen LogP contribution in [0.5, 0.6) is 0 Å². The molecular weight excluding hydrogens is 303 g/mol. The SMILES string of the molecule is CN(CCc1ccc(F)cc1)C(=O)C1C2CCC(C2)C1N.Cl. The largest absolute Gasteiger partial charge is 0.345 e. The molecule has 4 atom stereocenters. The summed E-state index contributed by atoms with van der Waals surface area (Å²) >= 11 is 0. The van der Waals surface area contributed by atoms with Crippen LogP contribution in [-0.2, 0) is 11.2 Å². The van der Waals surface area contributed by atoms with Gasteiger partial charge in [0.25, 0.3) is 0 Å². The van der Waals surface area contributed by atoms with E-state index in [0.717, 1.165) is 24.8 Å². The Labute approximate surface area is 137 Å². The molecule has 1 amide bonds. The summed E-state index contributed by atoms with van der Waals surface area (Å²) < 4.78 is 12.9. The van der Waals surface area contributed by atoms with Crippen LogP contribution in [0, 0.1) is 23.6 Å². The van der Waals surface area contributed by atoms with Crippen molar-refractivity contribution >= 4 is 18.3 Å². The Hall–Kier alpha value is -1.13. The highest BCUT2D eigenvalue weighted by Gasteiger charge is 2.49. The van der Waals surface area contributed by atoms with Gasteiger partial charge in [0.2, 0.25) is 5.91 Å². The van der Waals surface area contributed by atoms with Crippen molar-refractivity contribution < 1.29 is 9.18 Å². The van der Waals surface area contributed by atoms with Gasteiger partial charge in [-0.25, -0.2) is 4.39 Å². The van der Waals surface area contributed by atoms with E-state index in [1.807, 2.05) is 7.05 Å². The Kier molecular flexibility index (Phi) is 5.45. The molecule has 2 saturated carbocycles. The van der Waals surface area contributed by atoms with Crippen molar-refractivity contribution in [2.45, 2.75) is 31.7 Å². The number of likely N-dealkylation sites (N-methyl/N-ethyl adjacent to an activating group) is 1. The molecule has 2 bridgehead atoms. The van der Waals surface area contributed by atoms with Crippen molar-refractivity contribution in [3.63, 3.8) is 0 Å². The second-order valence-corrected chi connectivity index (χ2v) is 6.57. The van der Waals surface area contributed by atoms with Gasteiger partial charge in [-0.1, -0.05) is 12.1 Å².